The Morgan fingerprint density at radius 1 is 0.290 bits per heavy atom. The van der Waals surface area contributed by atoms with Crippen molar-refractivity contribution in [3.8, 4) is 67.4 Å². The first-order valence-electron chi connectivity index (χ1n) is 23.3. The molecule has 69 heavy (non-hydrogen) atoms. The molecule has 0 unspecified atom stereocenters. The number of fused-ring (bicyclic) bond motifs is 12. The number of hydrogen-bond donors (Lipinski definition) is 0. The zero-order chi connectivity index (χ0) is 45.4. The summed E-state index contributed by atoms with van der Waals surface area (Å²) >= 11 is 0. The third-order valence-electron chi connectivity index (χ3n) is 13.7. The second-order valence-corrected chi connectivity index (χ2v) is 17.7. The molecule has 3 aromatic heterocycles. The first-order chi connectivity index (χ1) is 34.2. The monoisotopic (exact) mass is 878 g/mol. The van der Waals surface area contributed by atoms with Crippen LogP contribution in [-0.4, -0.2) is 19.9 Å². The molecular weight excluding hydrogens is 841 g/mol. The molecule has 0 aliphatic rings. The lowest BCUT2D eigenvalue weighted by Crippen LogP contribution is -1.98. The van der Waals surface area contributed by atoms with E-state index in [9.17, 15) is 0 Å². The van der Waals surface area contributed by atoms with Crippen LogP contribution in [0.25, 0.3) is 143 Å². The molecule has 0 radical (unpaired) electrons. The van der Waals surface area contributed by atoms with E-state index < -0.39 is 0 Å². The maximum absolute atomic E-state index is 6.55. The Morgan fingerprint density at radius 3 is 1.67 bits per heavy atom. The van der Waals surface area contributed by atoms with Gasteiger partial charge in [-0.1, -0.05) is 176 Å². The van der Waals surface area contributed by atoms with Gasteiger partial charge in [-0.25, -0.2) is 15.0 Å². The Balaban J connectivity index is 1.04. The molecule has 0 spiro atoms. The van der Waals surface area contributed by atoms with E-state index in [1.807, 2.05) is 24.4 Å². The third kappa shape index (κ3) is 6.47. The molecular formula is C64H38N4O. The normalized spacial score (nSPS) is 11.8. The van der Waals surface area contributed by atoms with Crippen LogP contribution in [0.5, 0.6) is 0 Å². The molecule has 0 bridgehead atoms. The lowest BCUT2D eigenvalue weighted by Gasteiger charge is -2.16. The Labute approximate surface area is 396 Å². The van der Waals surface area contributed by atoms with E-state index in [1.54, 1.807) is 0 Å². The number of rotatable bonds is 6. The molecule has 3 heterocycles. The first-order valence-corrected chi connectivity index (χ1v) is 23.3. The Morgan fingerprint density at radius 2 is 0.899 bits per heavy atom. The summed E-state index contributed by atoms with van der Waals surface area (Å²) in [6.07, 6.45) is 1.92. The van der Waals surface area contributed by atoms with Gasteiger partial charge in [0.1, 0.15) is 11.2 Å². The molecule has 0 atom stereocenters. The van der Waals surface area contributed by atoms with Gasteiger partial charge in [-0.15, -0.1) is 0 Å². The number of furan rings is 1. The highest BCUT2D eigenvalue weighted by molar-refractivity contribution is 6.23. The maximum atomic E-state index is 6.55. The third-order valence-corrected chi connectivity index (χ3v) is 13.7. The second kappa shape index (κ2) is 15.7. The van der Waals surface area contributed by atoms with Gasteiger partial charge in [-0.3, -0.25) is 4.98 Å². The van der Waals surface area contributed by atoms with Gasteiger partial charge in [0.15, 0.2) is 5.82 Å². The van der Waals surface area contributed by atoms with Gasteiger partial charge in [-0.2, -0.15) is 0 Å². The van der Waals surface area contributed by atoms with Crippen molar-refractivity contribution in [3.05, 3.63) is 231 Å². The molecule has 0 fully saturated rings. The Kier molecular flexibility index (Phi) is 8.83. The summed E-state index contributed by atoms with van der Waals surface area (Å²) in [6, 6.07) is 78.9. The highest BCUT2D eigenvalue weighted by Crippen LogP contribution is 2.42. The van der Waals surface area contributed by atoms with Crippen LogP contribution in [-0.2, 0) is 0 Å². The summed E-state index contributed by atoms with van der Waals surface area (Å²) in [6.45, 7) is 0. The zero-order valence-electron chi connectivity index (χ0n) is 37.1. The van der Waals surface area contributed by atoms with E-state index in [4.69, 9.17) is 24.4 Å². The van der Waals surface area contributed by atoms with Crippen LogP contribution >= 0.6 is 0 Å². The van der Waals surface area contributed by atoms with Gasteiger partial charge in [0.05, 0.1) is 34.3 Å². The van der Waals surface area contributed by atoms with Gasteiger partial charge in [-0.05, 0) is 103 Å². The largest absolute Gasteiger partial charge is 0.456 e. The molecule has 0 saturated carbocycles. The topological polar surface area (TPSA) is 64.7 Å². The number of hydrogen-bond acceptors (Lipinski definition) is 5. The summed E-state index contributed by atoms with van der Waals surface area (Å²) in [5, 5.41) is 11.3. The molecule has 0 saturated heterocycles. The molecule has 14 aromatic rings. The van der Waals surface area contributed by atoms with Crippen molar-refractivity contribution >= 4 is 76.1 Å². The zero-order valence-corrected chi connectivity index (χ0v) is 37.1. The number of aromatic nitrogens is 4. The van der Waals surface area contributed by atoms with Crippen molar-refractivity contribution in [2.24, 2.45) is 0 Å². The van der Waals surface area contributed by atoms with Crippen LogP contribution in [0.1, 0.15) is 0 Å². The molecule has 320 valence electrons. The van der Waals surface area contributed by atoms with Crippen LogP contribution in [0.15, 0.2) is 235 Å². The summed E-state index contributed by atoms with van der Waals surface area (Å²) < 4.78 is 6.55. The molecule has 0 amide bonds. The van der Waals surface area contributed by atoms with E-state index in [-0.39, 0.29) is 0 Å². The van der Waals surface area contributed by atoms with E-state index in [1.165, 1.54) is 16.2 Å². The van der Waals surface area contributed by atoms with Crippen molar-refractivity contribution in [1.29, 1.82) is 0 Å². The molecule has 0 N–H and O–H groups in total. The van der Waals surface area contributed by atoms with E-state index >= 15 is 0 Å². The van der Waals surface area contributed by atoms with Crippen molar-refractivity contribution in [2.75, 3.05) is 0 Å². The Hall–Kier alpha value is -9.32. The minimum Gasteiger partial charge on any atom is -0.456 e. The summed E-state index contributed by atoms with van der Waals surface area (Å²) in [7, 11) is 0. The maximum Gasteiger partial charge on any atom is 0.160 e. The van der Waals surface area contributed by atoms with Gasteiger partial charge < -0.3 is 4.42 Å². The van der Waals surface area contributed by atoms with Crippen molar-refractivity contribution < 1.29 is 4.42 Å². The molecule has 11 aromatic carbocycles. The summed E-state index contributed by atoms with van der Waals surface area (Å²) in [5.41, 5.74) is 13.9. The second-order valence-electron chi connectivity index (χ2n) is 17.7. The predicted octanol–water partition coefficient (Wildman–Crippen LogP) is 16.9. The van der Waals surface area contributed by atoms with Crippen molar-refractivity contribution in [1.82, 2.24) is 19.9 Å². The van der Waals surface area contributed by atoms with Crippen LogP contribution in [0.4, 0.5) is 0 Å². The average Bonchev–Trinajstić information content (AvgIpc) is 3.81. The smallest absolute Gasteiger partial charge is 0.160 e. The fourth-order valence-corrected chi connectivity index (χ4v) is 10.4. The van der Waals surface area contributed by atoms with Crippen LogP contribution in [0, 0.1) is 0 Å². The lowest BCUT2D eigenvalue weighted by atomic mass is 9.91. The van der Waals surface area contributed by atoms with Gasteiger partial charge in [0.25, 0.3) is 0 Å². The fraction of sp³-hybridized carbons (Fsp3) is 0. The van der Waals surface area contributed by atoms with E-state index in [2.05, 4.69) is 206 Å². The minimum atomic E-state index is 0.597. The van der Waals surface area contributed by atoms with Crippen LogP contribution in [0.2, 0.25) is 0 Å². The first kappa shape index (κ1) is 38.9. The van der Waals surface area contributed by atoms with Crippen molar-refractivity contribution in [3.63, 3.8) is 0 Å². The van der Waals surface area contributed by atoms with E-state index in [0.717, 1.165) is 121 Å². The fourth-order valence-electron chi connectivity index (χ4n) is 10.4. The number of nitrogens with zero attached hydrogens (tertiary/aromatic N) is 4. The van der Waals surface area contributed by atoms with Crippen molar-refractivity contribution in [2.45, 2.75) is 0 Å². The molecule has 0 aliphatic carbocycles. The molecule has 5 heteroatoms. The summed E-state index contributed by atoms with van der Waals surface area (Å²) in [5.74, 6) is 0.597. The average molecular weight is 879 g/mol. The van der Waals surface area contributed by atoms with Crippen LogP contribution in [0.3, 0.4) is 0 Å². The quantitative estimate of drug-likeness (QED) is 0.156. The van der Waals surface area contributed by atoms with Gasteiger partial charge in [0.2, 0.25) is 0 Å². The predicted molar refractivity (Wildman–Crippen MR) is 285 cm³/mol. The van der Waals surface area contributed by atoms with Crippen LogP contribution < -0.4 is 0 Å². The molecule has 5 nitrogen and oxygen atoms in total. The van der Waals surface area contributed by atoms with Gasteiger partial charge >= 0.3 is 0 Å². The number of benzene rings is 11. The lowest BCUT2D eigenvalue weighted by molar-refractivity contribution is 0.669. The summed E-state index contributed by atoms with van der Waals surface area (Å²) in [4.78, 5) is 21.7. The van der Waals surface area contributed by atoms with E-state index in [0.29, 0.717) is 5.82 Å². The highest BCUT2D eigenvalue weighted by atomic mass is 16.3. The minimum absolute atomic E-state index is 0.597. The standard InChI is InChI=1S/C64H38N4O/c1-3-16-39(17-4-1)41-30-31-59-55(35-41)61-53(28-15-29-60(61)69-59)57-37-56(40-18-5-2-6-19-40)67-64(68-57)45-33-43(54-36-42-20-7-8-21-46(42)47-22-9-10-25-50(47)54)32-44(34-45)58-38-65-62-51-26-13-11-23-48(51)49-24-12-14-27-52(49)63(62)66-58/h1-38H. The Bertz CT molecular complexity index is 4330. The molecule has 0 aliphatic heterocycles. The van der Waals surface area contributed by atoms with Gasteiger partial charge in [0, 0.05) is 43.8 Å². The molecule has 14 rings (SSSR count). The SMILES string of the molecule is c1ccc(-c2ccc3oc4cccc(-c5cc(-c6ccccc6)nc(-c6cc(-c7cnc8c9ccccc9c9ccccc9c8n7)cc(-c7cc8ccccc8c8ccccc78)c6)n5)c4c3c2)cc1. The highest BCUT2D eigenvalue weighted by Gasteiger charge is 2.20.